The van der Waals surface area contributed by atoms with Crippen LogP contribution in [0.5, 0.6) is 34.5 Å². The molecular weight excluding hydrogens is 664 g/mol. The number of aromatic nitrogens is 2. The third-order valence-corrected chi connectivity index (χ3v) is 11.0. The number of nitrogens with zero attached hydrogens (tertiary/aromatic N) is 2. The molecule has 9 rings (SSSR count). The molecule has 0 radical (unpaired) electrons. The first-order valence-electron chi connectivity index (χ1n) is 17.0. The zero-order valence-electron chi connectivity index (χ0n) is 28.9. The van der Waals surface area contributed by atoms with Gasteiger partial charge in [0.15, 0.2) is 23.0 Å². The third kappa shape index (κ3) is 4.33. The van der Waals surface area contributed by atoms with Gasteiger partial charge in [-0.05, 0) is 58.7 Å². The Morgan fingerprint density at radius 3 is 1.27 bits per heavy atom. The summed E-state index contributed by atoms with van der Waals surface area (Å²) in [7, 11) is 5.83. The minimum atomic E-state index is -0.874. The highest BCUT2D eigenvalue weighted by Crippen LogP contribution is 2.51. The molecule has 4 aromatic carbocycles. The second-order valence-electron chi connectivity index (χ2n) is 13.4. The molecule has 1 fully saturated rings. The van der Waals surface area contributed by atoms with Crippen LogP contribution in [0.4, 0.5) is 0 Å². The number of hydrogen-bond donors (Lipinski definition) is 4. The molecule has 4 atom stereocenters. The van der Waals surface area contributed by atoms with Gasteiger partial charge >= 0.3 is 0 Å². The second kappa shape index (κ2) is 11.6. The Balaban J connectivity index is 1.28. The molecule has 264 valence electrons. The van der Waals surface area contributed by atoms with Crippen LogP contribution in [0, 0.1) is 0 Å². The van der Waals surface area contributed by atoms with Crippen LogP contribution in [0.15, 0.2) is 72.8 Å². The second-order valence-corrected chi connectivity index (χ2v) is 13.4. The van der Waals surface area contributed by atoms with Gasteiger partial charge in [-0.15, -0.1) is 0 Å². The van der Waals surface area contributed by atoms with Crippen molar-refractivity contribution in [1.29, 1.82) is 0 Å². The smallest absolute Gasteiger partial charge is 0.247 e. The van der Waals surface area contributed by atoms with Crippen LogP contribution in [0.2, 0.25) is 0 Å². The zero-order valence-corrected chi connectivity index (χ0v) is 28.9. The summed E-state index contributed by atoms with van der Waals surface area (Å²) in [6.07, 6.45) is 0.564. The standard InChI is InChI=1S/C40H36N4O8/c1-49-29-13-19(14-30(50-2)37(29)45)35-33-23(21-9-5-7-11-25(21)41-33)17-27-40(48)44-28(39(47)43(27)35)18-24-22-10-6-8-12-26(22)42-34(24)36(44)20-15-31(51-3)38(46)32(16-20)52-4/h5-16,27-28,35-36,41-42,45-46H,17-18H2,1-4H3/t27-,28-,35+,36+/m1/s1. The van der Waals surface area contributed by atoms with Crippen LogP contribution in [0.1, 0.15) is 45.7 Å². The van der Waals surface area contributed by atoms with Crippen molar-refractivity contribution in [2.75, 3.05) is 28.4 Å². The lowest BCUT2D eigenvalue weighted by Gasteiger charge is -2.53. The molecular formula is C40H36N4O8. The van der Waals surface area contributed by atoms with Crippen molar-refractivity contribution >= 4 is 33.6 Å². The first kappa shape index (κ1) is 31.7. The number of fused-ring (bicyclic) bond motifs is 8. The number of ether oxygens (including phenoxy) is 4. The number of benzene rings is 4. The summed E-state index contributed by atoms with van der Waals surface area (Å²) < 4.78 is 22.2. The molecule has 0 spiro atoms. The van der Waals surface area contributed by atoms with Crippen molar-refractivity contribution in [3.05, 3.63) is 106 Å². The highest BCUT2D eigenvalue weighted by molar-refractivity contribution is 6.01. The summed E-state index contributed by atoms with van der Waals surface area (Å²) in [5.74, 6) is -0.0252. The van der Waals surface area contributed by atoms with Crippen molar-refractivity contribution in [3.8, 4) is 34.5 Å². The Hall–Kier alpha value is -6.30. The van der Waals surface area contributed by atoms with Gasteiger partial charge in [0.1, 0.15) is 12.1 Å². The van der Waals surface area contributed by atoms with E-state index in [9.17, 15) is 10.2 Å². The maximum Gasteiger partial charge on any atom is 0.247 e. The monoisotopic (exact) mass is 700 g/mol. The number of phenolic OH excluding ortho intramolecular Hbond substituents is 2. The molecule has 0 aliphatic carbocycles. The Morgan fingerprint density at radius 1 is 0.577 bits per heavy atom. The number of phenols is 2. The van der Waals surface area contributed by atoms with Crippen molar-refractivity contribution in [2.24, 2.45) is 0 Å². The fourth-order valence-corrected chi connectivity index (χ4v) is 8.69. The maximum atomic E-state index is 15.4. The number of para-hydroxylation sites is 2. The third-order valence-electron chi connectivity index (χ3n) is 11.0. The lowest BCUT2D eigenvalue weighted by Crippen LogP contribution is -2.69. The lowest BCUT2D eigenvalue weighted by atomic mass is 9.80. The molecule has 52 heavy (non-hydrogen) atoms. The van der Waals surface area contributed by atoms with E-state index in [2.05, 4.69) is 9.97 Å². The highest BCUT2D eigenvalue weighted by Gasteiger charge is 2.56. The van der Waals surface area contributed by atoms with Crippen molar-refractivity contribution in [1.82, 2.24) is 19.8 Å². The first-order chi connectivity index (χ1) is 25.3. The number of piperazine rings is 1. The van der Waals surface area contributed by atoms with E-state index in [4.69, 9.17) is 18.9 Å². The SMILES string of the molecule is COc1cc([C@H]2c3[nH]c4ccccc4c3C[C@@H]3C(=O)N4[C@@H](c5cc(OC)c(O)c(OC)c5)c5[nH]c6ccccc6c5C[C@@H]4C(=O)N23)cc(OC)c1O. The molecule has 2 aromatic heterocycles. The van der Waals surface area contributed by atoms with Gasteiger partial charge in [0.25, 0.3) is 0 Å². The van der Waals surface area contributed by atoms with E-state index in [1.165, 1.54) is 28.4 Å². The normalized spacial score (nSPS) is 20.7. The van der Waals surface area contributed by atoms with E-state index < -0.39 is 24.2 Å². The largest absolute Gasteiger partial charge is 0.502 e. The van der Waals surface area contributed by atoms with Gasteiger partial charge in [-0.2, -0.15) is 0 Å². The van der Waals surface area contributed by atoms with E-state index in [1.54, 1.807) is 34.1 Å². The van der Waals surface area contributed by atoms with Gasteiger partial charge < -0.3 is 48.9 Å². The molecule has 12 nitrogen and oxygen atoms in total. The van der Waals surface area contributed by atoms with Gasteiger partial charge in [-0.1, -0.05) is 36.4 Å². The van der Waals surface area contributed by atoms with Crippen LogP contribution in [0.25, 0.3) is 21.8 Å². The number of H-pyrrole nitrogens is 2. The van der Waals surface area contributed by atoms with Crippen LogP contribution in [-0.2, 0) is 22.4 Å². The minimum Gasteiger partial charge on any atom is -0.502 e. The van der Waals surface area contributed by atoms with Gasteiger partial charge in [0, 0.05) is 46.0 Å². The van der Waals surface area contributed by atoms with Crippen molar-refractivity contribution < 1.29 is 38.7 Å². The molecule has 6 aromatic rings. The molecule has 2 amide bonds. The van der Waals surface area contributed by atoms with Crippen LogP contribution >= 0.6 is 0 Å². The summed E-state index contributed by atoms with van der Waals surface area (Å²) >= 11 is 0. The highest BCUT2D eigenvalue weighted by atomic mass is 16.5. The summed E-state index contributed by atoms with van der Waals surface area (Å²) in [5.41, 5.74) is 6.44. The van der Waals surface area contributed by atoms with Gasteiger partial charge in [-0.3, -0.25) is 9.59 Å². The molecule has 5 heterocycles. The molecule has 0 saturated carbocycles. The summed E-state index contributed by atoms with van der Waals surface area (Å²) in [6, 6.07) is 19.4. The number of carbonyl (C=O) groups excluding carboxylic acids is 2. The fraction of sp³-hybridized carbons (Fsp3) is 0.250. The number of nitrogens with one attached hydrogen (secondary N) is 2. The predicted octanol–water partition coefficient (Wildman–Crippen LogP) is 5.49. The van der Waals surface area contributed by atoms with E-state index >= 15 is 9.59 Å². The van der Waals surface area contributed by atoms with Crippen molar-refractivity contribution in [2.45, 2.75) is 37.0 Å². The van der Waals surface area contributed by atoms with E-state index in [0.717, 1.165) is 44.3 Å². The van der Waals surface area contributed by atoms with Gasteiger partial charge in [-0.25, -0.2) is 0 Å². The van der Waals surface area contributed by atoms with Crippen LogP contribution < -0.4 is 18.9 Å². The number of hydrogen-bond acceptors (Lipinski definition) is 8. The molecule has 0 bridgehead atoms. The molecule has 3 aliphatic rings. The molecule has 3 aliphatic heterocycles. The van der Waals surface area contributed by atoms with Gasteiger partial charge in [0.2, 0.25) is 23.3 Å². The topological polar surface area (TPSA) is 150 Å². The van der Waals surface area contributed by atoms with Crippen LogP contribution in [0.3, 0.4) is 0 Å². The quantitative estimate of drug-likeness (QED) is 0.178. The Kier molecular flexibility index (Phi) is 7.08. The summed E-state index contributed by atoms with van der Waals surface area (Å²) in [6.45, 7) is 0. The van der Waals surface area contributed by atoms with Crippen molar-refractivity contribution in [3.63, 3.8) is 0 Å². The Bertz CT molecular complexity index is 2230. The number of aromatic amines is 2. The first-order valence-corrected chi connectivity index (χ1v) is 17.0. The minimum absolute atomic E-state index is 0.160. The molecule has 4 N–H and O–H groups in total. The number of aromatic hydroxyl groups is 2. The average Bonchev–Trinajstić information content (AvgIpc) is 3.74. The number of amides is 2. The number of carbonyl (C=O) groups is 2. The van der Waals surface area contributed by atoms with E-state index in [-0.39, 0.29) is 59.2 Å². The molecule has 1 saturated heterocycles. The average molecular weight is 701 g/mol. The zero-order chi connectivity index (χ0) is 36.0. The van der Waals surface area contributed by atoms with Crippen LogP contribution in [-0.4, -0.2) is 82.3 Å². The van der Waals surface area contributed by atoms with Gasteiger partial charge in [0.05, 0.1) is 40.5 Å². The summed E-state index contributed by atoms with van der Waals surface area (Å²) in [5, 5.41) is 23.6. The van der Waals surface area contributed by atoms with E-state index in [1.807, 2.05) is 48.5 Å². The summed E-state index contributed by atoms with van der Waals surface area (Å²) in [4.78, 5) is 41.3. The maximum absolute atomic E-state index is 15.4. The number of rotatable bonds is 6. The van der Waals surface area contributed by atoms with E-state index in [0.29, 0.717) is 11.1 Å². The fourth-order valence-electron chi connectivity index (χ4n) is 8.69. The Morgan fingerprint density at radius 2 is 0.923 bits per heavy atom. The lowest BCUT2D eigenvalue weighted by molar-refractivity contribution is -0.167. The Labute approximate surface area is 298 Å². The predicted molar refractivity (Wildman–Crippen MR) is 191 cm³/mol. The molecule has 12 heteroatoms. The molecule has 0 unspecified atom stereocenters. The number of methoxy groups -OCH3 is 4.